The maximum absolute atomic E-state index is 11.5. The van der Waals surface area contributed by atoms with Crippen LogP contribution in [0, 0.1) is 0 Å². The van der Waals surface area contributed by atoms with Crippen LogP contribution in [0.25, 0.3) is 0 Å². The average molecular weight is 247 g/mol. The average Bonchev–Trinajstić information content (AvgIpc) is 2.38. The predicted molar refractivity (Wildman–Crippen MR) is 60.9 cm³/mol. The molecule has 0 spiro atoms. The van der Waals surface area contributed by atoms with Crippen LogP contribution >= 0.6 is 0 Å². The van der Waals surface area contributed by atoms with Gasteiger partial charge in [0.15, 0.2) is 0 Å². The molecule has 0 bridgehead atoms. The van der Waals surface area contributed by atoms with E-state index in [2.05, 4.69) is 0 Å². The molecule has 1 unspecified atom stereocenters. The summed E-state index contributed by atoms with van der Waals surface area (Å²) in [6.07, 6.45) is 0. The van der Waals surface area contributed by atoms with Crippen LogP contribution in [0.2, 0.25) is 0 Å². The van der Waals surface area contributed by atoms with Crippen molar-refractivity contribution in [3.8, 4) is 0 Å². The Morgan fingerprint density at radius 2 is 2.18 bits per heavy atom. The zero-order chi connectivity index (χ0) is 12.5. The number of ether oxygens (including phenoxy) is 4. The summed E-state index contributed by atoms with van der Waals surface area (Å²) in [5, 5.41) is 0. The van der Waals surface area contributed by atoms with Crippen LogP contribution in [0.1, 0.15) is 0 Å². The van der Waals surface area contributed by atoms with Crippen molar-refractivity contribution in [3.05, 3.63) is 0 Å². The van der Waals surface area contributed by atoms with E-state index in [0.29, 0.717) is 39.6 Å². The van der Waals surface area contributed by atoms with Crippen molar-refractivity contribution in [2.75, 3.05) is 60.3 Å². The third kappa shape index (κ3) is 4.99. The van der Waals surface area contributed by atoms with E-state index >= 15 is 0 Å². The molecule has 1 atom stereocenters. The highest BCUT2D eigenvalue weighted by Gasteiger charge is 2.29. The second-order valence-corrected chi connectivity index (χ2v) is 3.76. The second kappa shape index (κ2) is 8.41. The summed E-state index contributed by atoms with van der Waals surface area (Å²) in [5.41, 5.74) is 0. The van der Waals surface area contributed by atoms with Gasteiger partial charge in [0.25, 0.3) is 0 Å². The van der Waals surface area contributed by atoms with Crippen molar-refractivity contribution in [1.29, 1.82) is 0 Å². The Balaban J connectivity index is 2.25. The van der Waals surface area contributed by atoms with Gasteiger partial charge in [-0.05, 0) is 0 Å². The number of methoxy groups -OCH3 is 2. The molecule has 1 aliphatic heterocycles. The van der Waals surface area contributed by atoms with Crippen molar-refractivity contribution >= 4 is 5.97 Å². The highest BCUT2D eigenvalue weighted by molar-refractivity contribution is 5.75. The molecule has 17 heavy (non-hydrogen) atoms. The number of morpholine rings is 1. The van der Waals surface area contributed by atoms with E-state index in [1.165, 1.54) is 7.11 Å². The molecule has 100 valence electrons. The first kappa shape index (κ1) is 14.4. The van der Waals surface area contributed by atoms with Gasteiger partial charge in [0, 0.05) is 20.2 Å². The smallest absolute Gasteiger partial charge is 0.325 e. The topological polar surface area (TPSA) is 57.2 Å². The maximum atomic E-state index is 11.5. The van der Waals surface area contributed by atoms with Gasteiger partial charge in [0.2, 0.25) is 0 Å². The van der Waals surface area contributed by atoms with Gasteiger partial charge in [-0.2, -0.15) is 0 Å². The third-order valence-electron chi connectivity index (χ3n) is 2.67. The third-order valence-corrected chi connectivity index (χ3v) is 2.67. The molecule has 6 heteroatoms. The summed E-state index contributed by atoms with van der Waals surface area (Å²) in [6, 6.07) is -0.306. The highest BCUT2D eigenvalue weighted by Crippen LogP contribution is 2.07. The van der Waals surface area contributed by atoms with E-state index in [4.69, 9.17) is 18.9 Å². The fraction of sp³-hybridized carbons (Fsp3) is 0.909. The lowest BCUT2D eigenvalue weighted by molar-refractivity contribution is -0.153. The van der Waals surface area contributed by atoms with Gasteiger partial charge in [-0.3, -0.25) is 9.69 Å². The number of rotatable bonds is 7. The number of carbonyl (C=O) groups excluding carboxylic acids is 1. The zero-order valence-corrected chi connectivity index (χ0v) is 10.5. The van der Waals surface area contributed by atoms with Gasteiger partial charge in [-0.15, -0.1) is 0 Å². The molecule has 0 N–H and O–H groups in total. The highest BCUT2D eigenvalue weighted by atomic mass is 16.5. The molecule has 1 saturated heterocycles. The van der Waals surface area contributed by atoms with Crippen LogP contribution in [0.5, 0.6) is 0 Å². The Hall–Kier alpha value is -0.690. The summed E-state index contributed by atoms with van der Waals surface area (Å²) in [7, 11) is 3.03. The van der Waals surface area contributed by atoms with Crippen LogP contribution in [0.4, 0.5) is 0 Å². The molecular formula is C11H21NO5. The van der Waals surface area contributed by atoms with Crippen LogP contribution in [0.15, 0.2) is 0 Å². The Morgan fingerprint density at radius 3 is 2.88 bits per heavy atom. The fourth-order valence-electron chi connectivity index (χ4n) is 1.68. The lowest BCUT2D eigenvalue weighted by Gasteiger charge is -2.33. The SMILES string of the molecule is COCCOCCN1CCOCC1C(=O)OC. The van der Waals surface area contributed by atoms with Crippen molar-refractivity contribution in [2.24, 2.45) is 0 Å². The molecule has 1 rings (SSSR count). The van der Waals surface area contributed by atoms with E-state index in [0.717, 1.165) is 6.54 Å². The maximum Gasteiger partial charge on any atom is 0.325 e. The van der Waals surface area contributed by atoms with E-state index in [-0.39, 0.29) is 12.0 Å². The molecule has 1 heterocycles. The number of carbonyl (C=O) groups is 1. The Bertz CT molecular complexity index is 224. The van der Waals surface area contributed by atoms with E-state index in [1.807, 2.05) is 4.90 Å². The normalized spacial score (nSPS) is 21.4. The first-order chi connectivity index (χ1) is 8.29. The lowest BCUT2D eigenvalue weighted by Crippen LogP contribution is -2.51. The van der Waals surface area contributed by atoms with Crippen LogP contribution in [-0.2, 0) is 23.7 Å². The number of hydrogen-bond acceptors (Lipinski definition) is 6. The van der Waals surface area contributed by atoms with Gasteiger partial charge in [-0.25, -0.2) is 0 Å². The molecule has 0 aromatic rings. The van der Waals surface area contributed by atoms with Crippen LogP contribution in [-0.4, -0.2) is 77.3 Å². The monoisotopic (exact) mass is 247 g/mol. The van der Waals surface area contributed by atoms with Crippen molar-refractivity contribution in [1.82, 2.24) is 4.90 Å². The Morgan fingerprint density at radius 1 is 1.35 bits per heavy atom. The molecule has 1 fully saturated rings. The van der Waals surface area contributed by atoms with Crippen LogP contribution < -0.4 is 0 Å². The predicted octanol–water partition coefficient (Wildman–Crippen LogP) is -0.477. The van der Waals surface area contributed by atoms with E-state index < -0.39 is 0 Å². The molecule has 6 nitrogen and oxygen atoms in total. The van der Waals surface area contributed by atoms with Gasteiger partial charge in [0.05, 0.1) is 40.1 Å². The lowest BCUT2D eigenvalue weighted by atomic mass is 10.2. The first-order valence-corrected chi connectivity index (χ1v) is 5.76. The van der Waals surface area contributed by atoms with Gasteiger partial charge in [-0.1, -0.05) is 0 Å². The quantitative estimate of drug-likeness (QED) is 0.447. The second-order valence-electron chi connectivity index (χ2n) is 3.76. The van der Waals surface area contributed by atoms with E-state index in [9.17, 15) is 4.79 Å². The standard InChI is InChI=1S/C11H21NO5/c1-14-7-8-16-5-3-12-4-6-17-9-10(12)11(13)15-2/h10H,3-9H2,1-2H3. The minimum Gasteiger partial charge on any atom is -0.468 e. The van der Waals surface area contributed by atoms with Crippen molar-refractivity contribution < 1.29 is 23.7 Å². The number of hydrogen-bond donors (Lipinski definition) is 0. The largest absolute Gasteiger partial charge is 0.468 e. The minimum absolute atomic E-state index is 0.249. The van der Waals surface area contributed by atoms with Crippen molar-refractivity contribution in [3.63, 3.8) is 0 Å². The molecule has 1 aliphatic rings. The summed E-state index contributed by atoms with van der Waals surface area (Å²) >= 11 is 0. The summed E-state index contributed by atoms with van der Waals surface area (Å²) in [6.45, 7) is 4.21. The van der Waals surface area contributed by atoms with Gasteiger partial charge in [0.1, 0.15) is 6.04 Å². The zero-order valence-electron chi connectivity index (χ0n) is 10.5. The number of nitrogens with zero attached hydrogens (tertiary/aromatic N) is 1. The van der Waals surface area contributed by atoms with Gasteiger partial charge >= 0.3 is 5.97 Å². The minimum atomic E-state index is -0.306. The summed E-state index contributed by atoms with van der Waals surface area (Å²) in [4.78, 5) is 13.5. The van der Waals surface area contributed by atoms with Gasteiger partial charge < -0.3 is 18.9 Å². The van der Waals surface area contributed by atoms with Crippen molar-refractivity contribution in [2.45, 2.75) is 6.04 Å². The molecular weight excluding hydrogens is 226 g/mol. The Labute approximate surface area is 102 Å². The summed E-state index contributed by atoms with van der Waals surface area (Å²) in [5.74, 6) is -0.249. The Kier molecular flexibility index (Phi) is 7.11. The number of esters is 1. The molecule has 0 saturated carbocycles. The van der Waals surface area contributed by atoms with Crippen LogP contribution in [0.3, 0.4) is 0 Å². The summed E-state index contributed by atoms with van der Waals surface area (Å²) < 4.78 is 20.3. The molecule has 0 amide bonds. The first-order valence-electron chi connectivity index (χ1n) is 5.76. The van der Waals surface area contributed by atoms with E-state index in [1.54, 1.807) is 7.11 Å². The molecule has 0 aromatic carbocycles. The fourth-order valence-corrected chi connectivity index (χ4v) is 1.68. The molecule has 0 aliphatic carbocycles. The molecule has 0 radical (unpaired) electrons. The molecule has 0 aromatic heterocycles.